The van der Waals surface area contributed by atoms with Crippen LogP contribution in [0.25, 0.3) is 0 Å². The fraction of sp³-hybridized carbons (Fsp3) is 0.406. The molecule has 0 fully saturated rings. The molecule has 0 saturated heterocycles. The number of carbonyl (C=O) groups is 2. The van der Waals surface area contributed by atoms with Gasteiger partial charge in [-0.15, -0.1) is 0 Å². The van der Waals surface area contributed by atoms with Gasteiger partial charge in [0, 0.05) is 56.7 Å². The third-order valence-electron chi connectivity index (χ3n) is 7.22. The fourth-order valence-corrected chi connectivity index (χ4v) is 5.16. The van der Waals surface area contributed by atoms with Crippen molar-refractivity contribution in [3.05, 3.63) is 89.2 Å². The van der Waals surface area contributed by atoms with Crippen LogP contribution in [0.5, 0.6) is 5.75 Å². The van der Waals surface area contributed by atoms with E-state index in [4.69, 9.17) is 4.74 Å². The van der Waals surface area contributed by atoms with Crippen LogP contribution in [0.3, 0.4) is 0 Å². The van der Waals surface area contributed by atoms with Gasteiger partial charge in [0.15, 0.2) is 0 Å². The summed E-state index contributed by atoms with van der Waals surface area (Å²) in [6.45, 7) is 5.21. The highest BCUT2D eigenvalue weighted by molar-refractivity contribution is 5.97. The lowest BCUT2D eigenvalue weighted by Crippen LogP contribution is -2.33. The van der Waals surface area contributed by atoms with Gasteiger partial charge in [0.25, 0.3) is 5.91 Å². The van der Waals surface area contributed by atoms with E-state index in [1.807, 2.05) is 59.6 Å². The number of nitrogens with one attached hydrogen (secondary N) is 1. The van der Waals surface area contributed by atoms with Crippen molar-refractivity contribution in [3.63, 3.8) is 0 Å². The van der Waals surface area contributed by atoms with E-state index >= 15 is 0 Å². The summed E-state index contributed by atoms with van der Waals surface area (Å²) in [5.74, 6) is 0.729. The molecule has 2 aromatic carbocycles. The molecule has 0 atom stereocenters. The molecule has 1 aliphatic rings. The molecule has 2 heterocycles. The maximum Gasteiger partial charge on any atom is 0.251 e. The average molecular weight is 529 g/mol. The lowest BCUT2D eigenvalue weighted by Gasteiger charge is -2.29. The number of pyridine rings is 1. The number of carbonyl (C=O) groups excluding carboxylic acids is 2. The molecule has 0 unspecified atom stereocenters. The molecule has 0 aliphatic carbocycles. The van der Waals surface area contributed by atoms with Gasteiger partial charge in [0.05, 0.1) is 7.11 Å². The lowest BCUT2D eigenvalue weighted by molar-refractivity contribution is -0.116. The Morgan fingerprint density at radius 2 is 1.74 bits per heavy atom. The number of aromatic nitrogens is 1. The Kier molecular flexibility index (Phi) is 10.5. The van der Waals surface area contributed by atoms with Gasteiger partial charge in [0.1, 0.15) is 5.75 Å². The monoisotopic (exact) mass is 528 g/mol. The quantitative estimate of drug-likeness (QED) is 0.446. The number of amides is 2. The Labute approximate surface area is 232 Å². The van der Waals surface area contributed by atoms with E-state index in [2.05, 4.69) is 21.3 Å². The van der Waals surface area contributed by atoms with Crippen molar-refractivity contribution >= 4 is 17.5 Å². The number of anilines is 1. The summed E-state index contributed by atoms with van der Waals surface area (Å²) < 4.78 is 5.30. The Balaban J connectivity index is 1.55. The molecule has 4 rings (SSSR count). The summed E-state index contributed by atoms with van der Waals surface area (Å²) in [6.07, 6.45) is 9.96. The zero-order valence-electron chi connectivity index (χ0n) is 23.2. The molecule has 7 nitrogen and oxygen atoms in total. The summed E-state index contributed by atoms with van der Waals surface area (Å²) in [6, 6.07) is 17.7. The molecular formula is C32H40N4O3. The number of benzene rings is 2. The van der Waals surface area contributed by atoms with Gasteiger partial charge in [-0.2, -0.15) is 0 Å². The van der Waals surface area contributed by atoms with E-state index in [-0.39, 0.29) is 11.8 Å². The number of nitrogens with zero attached hydrogens (tertiary/aromatic N) is 3. The Bertz CT molecular complexity index is 1230. The summed E-state index contributed by atoms with van der Waals surface area (Å²) in [5.41, 5.74) is 4.76. The van der Waals surface area contributed by atoms with Crippen LogP contribution < -0.4 is 15.0 Å². The molecule has 1 N–H and O–H groups in total. The first-order valence-electron chi connectivity index (χ1n) is 14.0. The van der Waals surface area contributed by atoms with Gasteiger partial charge in [-0.05, 0) is 78.9 Å². The van der Waals surface area contributed by atoms with Gasteiger partial charge in [-0.25, -0.2) is 0 Å². The molecule has 0 radical (unpaired) electrons. The Hall–Kier alpha value is -3.71. The van der Waals surface area contributed by atoms with Crippen molar-refractivity contribution < 1.29 is 14.3 Å². The van der Waals surface area contributed by atoms with Gasteiger partial charge in [-0.3, -0.25) is 19.5 Å². The molecule has 2 amide bonds. The fourth-order valence-electron chi connectivity index (χ4n) is 5.16. The number of methoxy groups -OCH3 is 1. The predicted molar refractivity (Wildman–Crippen MR) is 155 cm³/mol. The van der Waals surface area contributed by atoms with Gasteiger partial charge in [0.2, 0.25) is 5.91 Å². The number of fused-ring (bicyclic) bond motifs is 1. The number of rotatable bonds is 7. The lowest BCUT2D eigenvalue weighted by atomic mass is 10.0. The zero-order valence-corrected chi connectivity index (χ0v) is 23.2. The largest absolute Gasteiger partial charge is 0.497 e. The van der Waals surface area contributed by atoms with Crippen molar-refractivity contribution in [1.82, 2.24) is 15.2 Å². The van der Waals surface area contributed by atoms with Crippen LogP contribution in [-0.2, 0) is 24.3 Å². The normalized spacial score (nSPS) is 15.0. The first kappa shape index (κ1) is 28.3. The molecule has 39 heavy (non-hydrogen) atoms. The first-order valence-corrected chi connectivity index (χ1v) is 14.0. The highest BCUT2D eigenvalue weighted by Crippen LogP contribution is 2.27. The van der Waals surface area contributed by atoms with Crippen molar-refractivity contribution in [3.8, 4) is 5.75 Å². The summed E-state index contributed by atoms with van der Waals surface area (Å²) in [4.78, 5) is 34.5. The average Bonchev–Trinajstić information content (AvgIpc) is 2.94. The predicted octanol–water partition coefficient (Wildman–Crippen LogP) is 5.38. The maximum absolute atomic E-state index is 13.2. The highest BCUT2D eigenvalue weighted by atomic mass is 16.5. The topological polar surface area (TPSA) is 74.8 Å². The smallest absolute Gasteiger partial charge is 0.251 e. The van der Waals surface area contributed by atoms with E-state index in [1.165, 1.54) is 12.8 Å². The molecule has 1 aromatic heterocycles. The van der Waals surface area contributed by atoms with Crippen LogP contribution >= 0.6 is 0 Å². The van der Waals surface area contributed by atoms with Crippen molar-refractivity contribution in [1.29, 1.82) is 0 Å². The van der Waals surface area contributed by atoms with E-state index in [0.29, 0.717) is 31.6 Å². The van der Waals surface area contributed by atoms with Crippen LogP contribution in [0.4, 0.5) is 5.69 Å². The first-order chi connectivity index (χ1) is 19.0. The van der Waals surface area contributed by atoms with Gasteiger partial charge >= 0.3 is 0 Å². The zero-order chi connectivity index (χ0) is 27.5. The molecule has 3 aromatic rings. The van der Waals surface area contributed by atoms with Crippen LogP contribution in [0, 0.1) is 0 Å². The third kappa shape index (κ3) is 8.39. The molecule has 0 bridgehead atoms. The van der Waals surface area contributed by atoms with Gasteiger partial charge < -0.3 is 15.0 Å². The second kappa shape index (κ2) is 14.4. The van der Waals surface area contributed by atoms with Crippen LogP contribution in [-0.4, -0.2) is 48.4 Å². The Morgan fingerprint density at radius 1 is 0.949 bits per heavy atom. The Morgan fingerprint density at radius 3 is 2.51 bits per heavy atom. The second-order valence-electron chi connectivity index (χ2n) is 10.2. The SMILES string of the molecule is COc1cccc(CCNC(=O)c2ccc3c(c2)CN(Cc2cccnc2)CCCCCCCN3C(C)=O)c1. The second-order valence-corrected chi connectivity index (χ2v) is 10.2. The summed E-state index contributed by atoms with van der Waals surface area (Å²) in [7, 11) is 1.65. The van der Waals surface area contributed by atoms with Gasteiger partial charge in [-0.1, -0.05) is 37.5 Å². The van der Waals surface area contributed by atoms with Crippen molar-refractivity contribution in [2.75, 3.05) is 31.6 Å². The number of hydrogen-bond acceptors (Lipinski definition) is 5. The summed E-state index contributed by atoms with van der Waals surface area (Å²) >= 11 is 0. The van der Waals surface area contributed by atoms with Crippen LogP contribution in [0.1, 0.15) is 66.1 Å². The standard InChI is InChI=1S/C32H40N4O3/c1-25(37)36-19-7-5-3-4-6-18-35(23-27-11-9-16-33-22-27)24-29-21-28(13-14-31(29)36)32(38)34-17-15-26-10-8-12-30(20-26)39-2/h8-14,16,20-22H,3-7,15,17-19,23-24H2,1-2H3,(H,34,38). The molecule has 1 aliphatic heterocycles. The minimum atomic E-state index is -0.111. The molecule has 206 valence electrons. The number of hydrogen-bond donors (Lipinski definition) is 1. The number of ether oxygens (including phenoxy) is 1. The van der Waals surface area contributed by atoms with Crippen molar-refractivity contribution in [2.24, 2.45) is 0 Å². The molecule has 0 saturated carbocycles. The minimum absolute atomic E-state index is 0.0302. The van der Waals surface area contributed by atoms with E-state index in [1.54, 1.807) is 20.2 Å². The minimum Gasteiger partial charge on any atom is -0.497 e. The third-order valence-corrected chi connectivity index (χ3v) is 7.22. The highest BCUT2D eigenvalue weighted by Gasteiger charge is 2.20. The van der Waals surface area contributed by atoms with Crippen LogP contribution in [0.15, 0.2) is 67.0 Å². The molecular weight excluding hydrogens is 488 g/mol. The molecule has 7 heteroatoms. The van der Waals surface area contributed by atoms with E-state index in [9.17, 15) is 9.59 Å². The van der Waals surface area contributed by atoms with Crippen LogP contribution in [0.2, 0.25) is 0 Å². The van der Waals surface area contributed by atoms with E-state index in [0.717, 1.165) is 60.5 Å². The van der Waals surface area contributed by atoms with Crippen molar-refractivity contribution in [2.45, 2.75) is 58.5 Å². The molecule has 0 spiro atoms. The summed E-state index contributed by atoms with van der Waals surface area (Å²) in [5, 5.41) is 3.06. The van der Waals surface area contributed by atoms with E-state index < -0.39 is 0 Å². The maximum atomic E-state index is 13.2.